The molecule has 0 N–H and O–H groups in total. The molecule has 60 heavy (non-hydrogen) atoms. The first-order chi connectivity index (χ1) is 29.4. The molecule has 0 aromatic rings. The van der Waals surface area contributed by atoms with Crippen LogP contribution in [0.2, 0.25) is 0 Å². The topological polar surface area (TPSA) is 91.4 Å². The molecule has 0 unspecified atom stereocenters. The highest BCUT2D eigenvalue weighted by Crippen LogP contribution is 2.24. The summed E-state index contributed by atoms with van der Waals surface area (Å²) in [6.45, 7) is 14.7. The molecule has 0 atom stereocenters. The largest absolute Gasteiger partial charge is 0.466 e. The number of carbonyl (C=O) groups is 3. The molecule has 1 heterocycles. The predicted octanol–water partition coefficient (Wildman–Crippen LogP) is 14.3. The summed E-state index contributed by atoms with van der Waals surface area (Å²) in [5.74, 6) is 0.927. The van der Waals surface area contributed by atoms with Gasteiger partial charge in [0.1, 0.15) is 6.10 Å². The lowest BCUT2D eigenvalue weighted by Gasteiger charge is -2.26. The van der Waals surface area contributed by atoms with Crippen LogP contribution in [0.1, 0.15) is 252 Å². The Morgan fingerprint density at radius 1 is 0.450 bits per heavy atom. The number of nitrogens with zero attached hydrogens (tertiary/aromatic N) is 1. The number of esters is 3. The van der Waals surface area contributed by atoms with Crippen molar-refractivity contribution in [3.8, 4) is 0 Å². The van der Waals surface area contributed by atoms with Crippen molar-refractivity contribution in [1.82, 2.24) is 4.90 Å². The third-order valence-electron chi connectivity index (χ3n) is 12.6. The number of rotatable bonds is 44. The van der Waals surface area contributed by atoms with Crippen LogP contribution in [0.15, 0.2) is 0 Å². The molecule has 1 saturated heterocycles. The zero-order valence-electron chi connectivity index (χ0n) is 40.2. The fraction of sp³-hybridized carbons (Fsp3) is 0.942. The number of ether oxygens (including phenoxy) is 4. The smallest absolute Gasteiger partial charge is 0.306 e. The third kappa shape index (κ3) is 35.9. The van der Waals surface area contributed by atoms with E-state index in [0.717, 1.165) is 148 Å². The van der Waals surface area contributed by atoms with Crippen LogP contribution in [0, 0.1) is 11.8 Å². The van der Waals surface area contributed by atoms with Crippen LogP contribution >= 0.6 is 0 Å². The van der Waals surface area contributed by atoms with Crippen LogP contribution in [0.4, 0.5) is 0 Å². The number of carbonyl (C=O) groups excluding carboxylic acids is 3. The lowest BCUT2D eigenvalue weighted by atomic mass is 9.92. The molecular weight excluding hydrogens is 751 g/mol. The lowest BCUT2D eigenvalue weighted by Crippen LogP contribution is -2.36. The zero-order valence-corrected chi connectivity index (χ0v) is 40.2. The highest BCUT2D eigenvalue weighted by molar-refractivity contribution is 5.70. The van der Waals surface area contributed by atoms with Crippen LogP contribution in [0.3, 0.4) is 0 Å². The summed E-state index contributed by atoms with van der Waals surface area (Å²) in [6, 6.07) is 0. The molecule has 0 bridgehead atoms. The van der Waals surface area contributed by atoms with Crippen molar-refractivity contribution in [2.24, 2.45) is 11.8 Å². The molecule has 0 amide bonds. The van der Waals surface area contributed by atoms with Crippen LogP contribution in [-0.4, -0.2) is 75.0 Å². The van der Waals surface area contributed by atoms with Gasteiger partial charge in [-0.1, -0.05) is 156 Å². The van der Waals surface area contributed by atoms with Gasteiger partial charge in [0.2, 0.25) is 0 Å². The summed E-state index contributed by atoms with van der Waals surface area (Å²) in [4.78, 5) is 40.5. The van der Waals surface area contributed by atoms with Crippen LogP contribution in [0.25, 0.3) is 0 Å². The van der Waals surface area contributed by atoms with Gasteiger partial charge in [-0.15, -0.1) is 0 Å². The molecule has 8 nitrogen and oxygen atoms in total. The molecule has 1 rings (SSSR count). The first-order valence-corrected chi connectivity index (χ1v) is 26.2. The molecule has 1 aliphatic heterocycles. The van der Waals surface area contributed by atoms with E-state index in [4.69, 9.17) is 18.9 Å². The normalized spacial score (nSPS) is 13.4. The maximum absolute atomic E-state index is 12.9. The molecule has 0 aromatic carbocycles. The number of hydrogen-bond donors (Lipinski definition) is 0. The highest BCUT2D eigenvalue weighted by atomic mass is 16.5. The van der Waals surface area contributed by atoms with Gasteiger partial charge in [-0.05, 0) is 95.4 Å². The van der Waals surface area contributed by atoms with Gasteiger partial charge in [0.05, 0.1) is 26.4 Å². The molecule has 1 aliphatic rings. The van der Waals surface area contributed by atoms with E-state index in [9.17, 15) is 14.4 Å². The average molecular weight is 850 g/mol. The second-order valence-electron chi connectivity index (χ2n) is 18.4. The Balaban J connectivity index is 2.32. The van der Waals surface area contributed by atoms with Gasteiger partial charge in [0.25, 0.3) is 0 Å². The summed E-state index contributed by atoms with van der Waals surface area (Å²) in [7, 11) is 0. The second-order valence-corrected chi connectivity index (χ2v) is 18.4. The molecule has 0 radical (unpaired) electrons. The van der Waals surface area contributed by atoms with E-state index in [1.807, 2.05) is 0 Å². The van der Waals surface area contributed by atoms with Crippen molar-refractivity contribution in [1.29, 1.82) is 0 Å². The Labute approximate surface area is 371 Å². The average Bonchev–Trinajstić information content (AvgIpc) is 3.24. The van der Waals surface area contributed by atoms with Gasteiger partial charge < -0.3 is 18.9 Å². The molecule has 0 aromatic heterocycles. The molecule has 0 spiro atoms. The maximum Gasteiger partial charge on any atom is 0.306 e. The summed E-state index contributed by atoms with van der Waals surface area (Å²) >= 11 is 0. The zero-order chi connectivity index (χ0) is 43.6. The molecule has 0 saturated carbocycles. The van der Waals surface area contributed by atoms with E-state index in [0.29, 0.717) is 44.3 Å². The predicted molar refractivity (Wildman–Crippen MR) is 250 cm³/mol. The summed E-state index contributed by atoms with van der Waals surface area (Å²) in [6.07, 6.45) is 38.1. The monoisotopic (exact) mass is 850 g/mol. The quantitative estimate of drug-likeness (QED) is 0.0340. The van der Waals surface area contributed by atoms with Crippen molar-refractivity contribution in [2.45, 2.75) is 259 Å². The molecule has 1 fully saturated rings. The first-order valence-electron chi connectivity index (χ1n) is 26.2. The Morgan fingerprint density at radius 2 is 0.833 bits per heavy atom. The Morgan fingerprint density at radius 3 is 1.25 bits per heavy atom. The van der Waals surface area contributed by atoms with E-state index in [2.05, 4.69) is 32.6 Å². The van der Waals surface area contributed by atoms with Gasteiger partial charge in [0, 0.05) is 32.4 Å². The number of unbranched alkanes of at least 4 members (excludes halogenated alkanes) is 19. The fourth-order valence-corrected chi connectivity index (χ4v) is 8.69. The first kappa shape index (κ1) is 56.3. The second kappa shape index (κ2) is 42.6. The molecular formula is C52H99NO7. The molecule has 8 heteroatoms. The Kier molecular flexibility index (Phi) is 40.0. The minimum atomic E-state index is -0.0347. The Bertz CT molecular complexity index is 894. The lowest BCUT2D eigenvalue weighted by molar-refractivity contribution is -0.150. The summed E-state index contributed by atoms with van der Waals surface area (Å²) < 4.78 is 22.9. The summed E-state index contributed by atoms with van der Waals surface area (Å²) in [5, 5.41) is 0. The van der Waals surface area contributed by atoms with Crippen molar-refractivity contribution < 1.29 is 33.3 Å². The van der Waals surface area contributed by atoms with Gasteiger partial charge >= 0.3 is 17.9 Å². The molecule has 0 aliphatic carbocycles. The van der Waals surface area contributed by atoms with Crippen LogP contribution in [-0.2, 0) is 33.3 Å². The third-order valence-corrected chi connectivity index (χ3v) is 12.6. The van der Waals surface area contributed by atoms with E-state index in [1.165, 1.54) is 89.9 Å². The van der Waals surface area contributed by atoms with Gasteiger partial charge in [0.15, 0.2) is 0 Å². The minimum absolute atomic E-state index is 0.00180. The number of morpholine rings is 1. The van der Waals surface area contributed by atoms with Crippen molar-refractivity contribution in [2.75, 3.05) is 46.1 Å². The van der Waals surface area contributed by atoms with Gasteiger partial charge in [-0.2, -0.15) is 0 Å². The SMILES string of the molecule is CCCCCC(CCCCC)CC(=O)OCCCCCCCCC(CCCCCCCCOC(=O)CC(CCCCC)CCCCC)OC(=O)CCCCN1CCOCC1. The van der Waals surface area contributed by atoms with Gasteiger partial charge in [-0.25, -0.2) is 0 Å². The van der Waals surface area contributed by atoms with Crippen molar-refractivity contribution in [3.05, 3.63) is 0 Å². The standard InChI is InChI=1S/C52H99NO7/c1-5-9-21-31-47(32-22-10-6-2)45-51(55)58-41-29-19-15-13-17-25-35-49(60-50(54)37-27-28-38-53-39-43-57-44-40-53)36-26-18-14-16-20-30-42-59-52(56)46-48(33-23-11-7-3)34-24-12-8-4/h47-49H,5-46H2,1-4H3. The van der Waals surface area contributed by atoms with Crippen LogP contribution in [0.5, 0.6) is 0 Å². The van der Waals surface area contributed by atoms with E-state index < -0.39 is 0 Å². The van der Waals surface area contributed by atoms with E-state index >= 15 is 0 Å². The summed E-state index contributed by atoms with van der Waals surface area (Å²) in [5.41, 5.74) is 0. The van der Waals surface area contributed by atoms with E-state index in [1.54, 1.807) is 0 Å². The van der Waals surface area contributed by atoms with E-state index in [-0.39, 0.29) is 24.0 Å². The highest BCUT2D eigenvalue weighted by Gasteiger charge is 2.18. The molecule has 354 valence electrons. The van der Waals surface area contributed by atoms with Crippen molar-refractivity contribution >= 4 is 17.9 Å². The maximum atomic E-state index is 12.9. The fourth-order valence-electron chi connectivity index (χ4n) is 8.69. The Hall–Kier alpha value is -1.67. The van der Waals surface area contributed by atoms with Gasteiger partial charge in [-0.3, -0.25) is 19.3 Å². The van der Waals surface area contributed by atoms with Crippen molar-refractivity contribution in [3.63, 3.8) is 0 Å². The minimum Gasteiger partial charge on any atom is -0.466 e. The van der Waals surface area contributed by atoms with Crippen LogP contribution < -0.4 is 0 Å². The number of hydrogen-bond acceptors (Lipinski definition) is 8.